The number of likely N-dealkylation sites (N-methyl/N-ethyl adjacent to an activating group) is 1. The topological polar surface area (TPSA) is 150 Å². The molecule has 3 atom stereocenters. The Kier molecular flexibility index (Phi) is 12.6. The molecule has 246 valence electrons. The van der Waals surface area contributed by atoms with E-state index in [0.717, 1.165) is 44.9 Å². The van der Waals surface area contributed by atoms with Crippen molar-refractivity contribution in [2.75, 3.05) is 37.9 Å². The van der Waals surface area contributed by atoms with E-state index in [2.05, 4.69) is 27.5 Å². The molecule has 45 heavy (non-hydrogen) atoms. The van der Waals surface area contributed by atoms with Gasteiger partial charge in [-0.05, 0) is 81.5 Å². The molecule has 0 aromatic carbocycles. The Labute approximate surface area is 269 Å². The predicted octanol–water partition coefficient (Wildman–Crippen LogP) is 5.50. The number of ether oxygens (including phenoxy) is 1. The summed E-state index contributed by atoms with van der Waals surface area (Å²) in [4.78, 5) is 36.1. The first kappa shape index (κ1) is 34.6. The number of halogens is 1. The molecule has 2 amide bonds. The van der Waals surface area contributed by atoms with E-state index in [1.54, 1.807) is 45.3 Å². The Morgan fingerprint density at radius 1 is 1.13 bits per heavy atom. The van der Waals surface area contributed by atoms with Crippen LogP contribution >= 0.6 is 11.6 Å². The number of anilines is 2. The average molecular weight is 644 g/mol. The molecule has 0 saturated heterocycles. The summed E-state index contributed by atoms with van der Waals surface area (Å²) in [6.07, 6.45) is 6.98. The first-order valence-corrected chi connectivity index (χ1v) is 16.2. The van der Waals surface area contributed by atoms with Crippen LogP contribution in [0.4, 0.5) is 11.5 Å². The third-order valence-corrected chi connectivity index (χ3v) is 8.79. The molecule has 1 aliphatic carbocycles. The standard InChI is InChI=1S/C33H46ClN5O6/c1-5-21(7-6-16-44-19-20(2)40)22-8-10-23(11-9-22)32(42)38-30-29-26(14-13-25(36-29)17-28(41)39(3)4)45-31(30)33(43)37-27-15-12-24(34)18-35-27/h12-15,18,20-23,32,38,40,42H,5-11,16-17,19H2,1-4H3,(H,35,37,43). The molecule has 1 fully saturated rings. The number of aromatic nitrogens is 2. The van der Waals surface area contributed by atoms with Crippen molar-refractivity contribution in [1.82, 2.24) is 14.9 Å². The Morgan fingerprint density at radius 2 is 1.87 bits per heavy atom. The summed E-state index contributed by atoms with van der Waals surface area (Å²) in [6.45, 7) is 4.97. The summed E-state index contributed by atoms with van der Waals surface area (Å²) in [6, 6.07) is 6.58. The van der Waals surface area contributed by atoms with Gasteiger partial charge in [-0.2, -0.15) is 0 Å². The summed E-state index contributed by atoms with van der Waals surface area (Å²) in [5, 5.41) is 27.1. The van der Waals surface area contributed by atoms with Crippen molar-refractivity contribution in [3.8, 4) is 0 Å². The lowest BCUT2D eigenvalue weighted by atomic mass is 9.73. The lowest BCUT2D eigenvalue weighted by molar-refractivity contribution is -0.128. The van der Waals surface area contributed by atoms with E-state index in [-0.39, 0.29) is 29.7 Å². The van der Waals surface area contributed by atoms with Gasteiger partial charge in [0.15, 0.2) is 5.58 Å². The van der Waals surface area contributed by atoms with Crippen molar-refractivity contribution in [3.05, 3.63) is 46.9 Å². The fourth-order valence-corrected chi connectivity index (χ4v) is 6.13. The molecule has 3 aromatic rings. The highest BCUT2D eigenvalue weighted by Crippen LogP contribution is 2.39. The number of fused-ring (bicyclic) bond motifs is 1. The Hall–Kier alpha value is -3.25. The second kappa shape index (κ2) is 16.4. The van der Waals surface area contributed by atoms with Crippen molar-refractivity contribution in [3.63, 3.8) is 0 Å². The number of aliphatic hydroxyl groups is 2. The molecule has 3 unspecified atom stereocenters. The van der Waals surface area contributed by atoms with Gasteiger partial charge < -0.3 is 34.9 Å². The van der Waals surface area contributed by atoms with E-state index < -0.39 is 18.2 Å². The van der Waals surface area contributed by atoms with Crippen LogP contribution in [0.3, 0.4) is 0 Å². The molecule has 3 aromatic heterocycles. The molecule has 3 heterocycles. The summed E-state index contributed by atoms with van der Waals surface area (Å²) in [5.74, 6) is 0.730. The number of pyridine rings is 2. The number of hydrogen-bond donors (Lipinski definition) is 4. The van der Waals surface area contributed by atoms with Gasteiger partial charge in [0.1, 0.15) is 23.2 Å². The third kappa shape index (κ3) is 9.62. The van der Waals surface area contributed by atoms with E-state index in [0.29, 0.717) is 52.7 Å². The van der Waals surface area contributed by atoms with Crippen LogP contribution in [0.2, 0.25) is 5.02 Å². The molecule has 4 rings (SSSR count). The number of furan rings is 1. The number of nitrogens with one attached hydrogen (secondary N) is 2. The van der Waals surface area contributed by atoms with Gasteiger partial charge in [-0.15, -0.1) is 0 Å². The van der Waals surface area contributed by atoms with Crippen LogP contribution in [-0.4, -0.2) is 76.5 Å². The van der Waals surface area contributed by atoms with Gasteiger partial charge in [0.05, 0.1) is 29.8 Å². The number of rotatable bonds is 15. The third-order valence-electron chi connectivity index (χ3n) is 8.57. The fourth-order valence-electron chi connectivity index (χ4n) is 6.02. The number of amides is 2. The van der Waals surface area contributed by atoms with E-state index in [1.165, 1.54) is 11.1 Å². The smallest absolute Gasteiger partial charge is 0.294 e. The quantitative estimate of drug-likeness (QED) is 0.124. The van der Waals surface area contributed by atoms with Gasteiger partial charge in [-0.1, -0.05) is 24.9 Å². The minimum absolute atomic E-state index is 0.0228. The molecule has 4 N–H and O–H groups in total. The molecule has 11 nitrogen and oxygen atoms in total. The van der Waals surface area contributed by atoms with Crippen LogP contribution in [0, 0.1) is 17.8 Å². The highest BCUT2D eigenvalue weighted by Gasteiger charge is 2.32. The molecule has 0 bridgehead atoms. The van der Waals surface area contributed by atoms with Gasteiger partial charge in [0.2, 0.25) is 11.7 Å². The normalized spacial score (nSPS) is 18.7. The summed E-state index contributed by atoms with van der Waals surface area (Å²) in [5.41, 5.74) is 1.51. The molecule has 0 spiro atoms. The Bertz CT molecular complexity index is 1400. The molecular weight excluding hydrogens is 598 g/mol. The minimum atomic E-state index is -0.935. The van der Waals surface area contributed by atoms with E-state index in [4.69, 9.17) is 20.8 Å². The Morgan fingerprint density at radius 3 is 2.51 bits per heavy atom. The van der Waals surface area contributed by atoms with Gasteiger partial charge in [0.25, 0.3) is 5.91 Å². The van der Waals surface area contributed by atoms with Gasteiger partial charge >= 0.3 is 0 Å². The maximum absolute atomic E-state index is 13.4. The Balaban J connectivity index is 1.47. The van der Waals surface area contributed by atoms with Crippen LogP contribution in [0.5, 0.6) is 0 Å². The molecule has 0 aliphatic heterocycles. The number of carbonyl (C=O) groups excluding carboxylic acids is 2. The van der Waals surface area contributed by atoms with Gasteiger partial charge in [0, 0.05) is 32.8 Å². The molecular formula is C33H46ClN5O6. The van der Waals surface area contributed by atoms with Gasteiger partial charge in [-0.3, -0.25) is 9.59 Å². The first-order chi connectivity index (χ1) is 21.5. The van der Waals surface area contributed by atoms with Crippen LogP contribution in [-0.2, 0) is 16.0 Å². The average Bonchev–Trinajstić information content (AvgIpc) is 3.37. The zero-order valence-electron chi connectivity index (χ0n) is 26.6. The van der Waals surface area contributed by atoms with Crippen LogP contribution in [0.25, 0.3) is 11.1 Å². The lowest BCUT2D eigenvalue weighted by Gasteiger charge is -2.35. The fraction of sp³-hybridized carbons (Fsp3) is 0.576. The van der Waals surface area contributed by atoms with E-state index in [1.807, 2.05) is 0 Å². The van der Waals surface area contributed by atoms with Crippen LogP contribution < -0.4 is 10.6 Å². The van der Waals surface area contributed by atoms with Gasteiger partial charge in [-0.25, -0.2) is 9.97 Å². The maximum atomic E-state index is 13.4. The van der Waals surface area contributed by atoms with E-state index in [9.17, 15) is 19.8 Å². The van der Waals surface area contributed by atoms with E-state index >= 15 is 0 Å². The summed E-state index contributed by atoms with van der Waals surface area (Å²) < 4.78 is 11.5. The zero-order chi connectivity index (χ0) is 32.5. The predicted molar refractivity (Wildman–Crippen MR) is 174 cm³/mol. The molecule has 1 saturated carbocycles. The van der Waals surface area contributed by atoms with Crippen molar-refractivity contribution < 1.29 is 29.0 Å². The van der Waals surface area contributed by atoms with Crippen molar-refractivity contribution in [1.29, 1.82) is 0 Å². The van der Waals surface area contributed by atoms with Crippen LogP contribution in [0.15, 0.2) is 34.9 Å². The highest BCUT2D eigenvalue weighted by atomic mass is 35.5. The second-order valence-corrected chi connectivity index (χ2v) is 12.7. The second-order valence-electron chi connectivity index (χ2n) is 12.2. The van der Waals surface area contributed by atoms with Crippen molar-refractivity contribution in [2.45, 2.75) is 77.5 Å². The number of hydrogen-bond acceptors (Lipinski definition) is 9. The zero-order valence-corrected chi connectivity index (χ0v) is 27.3. The number of nitrogens with zero attached hydrogens (tertiary/aromatic N) is 3. The summed E-state index contributed by atoms with van der Waals surface area (Å²) in [7, 11) is 3.36. The maximum Gasteiger partial charge on any atom is 0.294 e. The first-order valence-electron chi connectivity index (χ1n) is 15.8. The van der Waals surface area contributed by atoms with Crippen molar-refractivity contribution >= 4 is 46.0 Å². The lowest BCUT2D eigenvalue weighted by Crippen LogP contribution is -2.34. The summed E-state index contributed by atoms with van der Waals surface area (Å²) >= 11 is 5.94. The van der Waals surface area contributed by atoms with Crippen molar-refractivity contribution in [2.24, 2.45) is 17.8 Å². The largest absolute Gasteiger partial charge is 0.447 e. The number of aliphatic hydroxyl groups excluding tert-OH is 2. The molecule has 12 heteroatoms. The monoisotopic (exact) mass is 643 g/mol. The molecule has 0 radical (unpaired) electrons. The number of carbonyl (C=O) groups is 2. The SMILES string of the molecule is CCC(CCCOCC(C)O)C1CCC(C(O)Nc2c(C(=O)Nc3ccc(Cl)cn3)oc3ccc(CC(=O)N(C)C)nc23)CC1. The highest BCUT2D eigenvalue weighted by molar-refractivity contribution is 6.30. The molecule has 1 aliphatic rings. The van der Waals surface area contributed by atoms with Crippen LogP contribution in [0.1, 0.15) is 75.0 Å². The minimum Gasteiger partial charge on any atom is -0.447 e.